The topological polar surface area (TPSA) is 66.5 Å². The van der Waals surface area contributed by atoms with Gasteiger partial charge >= 0.3 is 0 Å². The standard InChI is InChI=1S/C15H22N2O3S/c1-13(18)16-14-6-5-9-17(12-14)10-11-21(19,20)15-7-3-2-4-8-15/h2-4,7-8,14H,5-6,9-12H2,1H3,(H,16,18)/t14-/m0/s1. The zero-order valence-corrected chi connectivity index (χ0v) is 13.1. The third kappa shape index (κ3) is 4.82. The van der Waals surface area contributed by atoms with Crippen LogP contribution in [0.2, 0.25) is 0 Å². The van der Waals surface area contributed by atoms with Crippen molar-refractivity contribution in [3.8, 4) is 0 Å². The minimum Gasteiger partial charge on any atom is -0.352 e. The first-order valence-electron chi connectivity index (χ1n) is 7.24. The number of piperidine rings is 1. The molecule has 1 atom stereocenters. The summed E-state index contributed by atoms with van der Waals surface area (Å²) in [4.78, 5) is 13.6. The van der Waals surface area contributed by atoms with Gasteiger partial charge in [-0.3, -0.25) is 4.79 Å². The third-order valence-corrected chi connectivity index (χ3v) is 5.40. The normalized spacial score (nSPS) is 20.1. The Kier molecular flexibility index (Phi) is 5.36. The number of carbonyl (C=O) groups excluding carboxylic acids is 1. The van der Waals surface area contributed by atoms with Crippen LogP contribution in [0.4, 0.5) is 0 Å². The second kappa shape index (κ2) is 7.04. The van der Waals surface area contributed by atoms with Gasteiger partial charge in [-0.2, -0.15) is 0 Å². The Morgan fingerprint density at radius 2 is 2.05 bits per heavy atom. The Hall–Kier alpha value is -1.40. The van der Waals surface area contributed by atoms with Crippen molar-refractivity contribution in [1.29, 1.82) is 0 Å². The lowest BCUT2D eigenvalue weighted by Gasteiger charge is -2.32. The molecule has 0 saturated carbocycles. The van der Waals surface area contributed by atoms with E-state index in [1.807, 2.05) is 6.07 Å². The lowest BCUT2D eigenvalue weighted by atomic mass is 10.1. The molecule has 1 aliphatic rings. The van der Waals surface area contributed by atoms with Crippen LogP contribution < -0.4 is 5.32 Å². The van der Waals surface area contributed by atoms with Crippen molar-refractivity contribution >= 4 is 15.7 Å². The molecular formula is C15H22N2O3S. The Bertz CT molecular complexity index is 572. The van der Waals surface area contributed by atoms with E-state index < -0.39 is 9.84 Å². The van der Waals surface area contributed by atoms with Gasteiger partial charge in [-0.25, -0.2) is 8.42 Å². The van der Waals surface area contributed by atoms with Crippen LogP contribution in [0.3, 0.4) is 0 Å². The average Bonchev–Trinajstić information content (AvgIpc) is 2.46. The smallest absolute Gasteiger partial charge is 0.217 e. The first kappa shape index (κ1) is 16.0. The summed E-state index contributed by atoms with van der Waals surface area (Å²) >= 11 is 0. The summed E-state index contributed by atoms with van der Waals surface area (Å²) in [5.74, 6) is 0.0860. The van der Waals surface area contributed by atoms with Crippen LogP contribution in [0, 0.1) is 0 Å². The van der Waals surface area contributed by atoms with E-state index in [0.29, 0.717) is 11.4 Å². The summed E-state index contributed by atoms with van der Waals surface area (Å²) in [7, 11) is -3.23. The number of rotatable bonds is 5. The quantitative estimate of drug-likeness (QED) is 0.883. The van der Waals surface area contributed by atoms with Crippen molar-refractivity contribution in [2.45, 2.75) is 30.7 Å². The second-order valence-corrected chi connectivity index (χ2v) is 7.58. The van der Waals surface area contributed by atoms with Gasteiger partial charge in [0.05, 0.1) is 10.6 Å². The van der Waals surface area contributed by atoms with Gasteiger partial charge in [0.2, 0.25) is 5.91 Å². The number of carbonyl (C=O) groups is 1. The number of sulfone groups is 1. The second-order valence-electron chi connectivity index (χ2n) is 5.47. The van der Waals surface area contributed by atoms with Crippen molar-refractivity contribution < 1.29 is 13.2 Å². The van der Waals surface area contributed by atoms with Gasteiger partial charge in [-0.1, -0.05) is 18.2 Å². The number of benzene rings is 1. The summed E-state index contributed by atoms with van der Waals surface area (Å²) in [5, 5.41) is 2.91. The van der Waals surface area contributed by atoms with Crippen LogP contribution in [-0.2, 0) is 14.6 Å². The van der Waals surface area contributed by atoms with Crippen LogP contribution in [-0.4, -0.2) is 50.7 Å². The molecule has 0 aromatic heterocycles. The fourth-order valence-electron chi connectivity index (χ4n) is 2.66. The fraction of sp³-hybridized carbons (Fsp3) is 0.533. The molecule has 1 saturated heterocycles. The van der Waals surface area contributed by atoms with Gasteiger partial charge in [0.15, 0.2) is 9.84 Å². The van der Waals surface area contributed by atoms with Gasteiger partial charge in [0.25, 0.3) is 0 Å². The summed E-state index contributed by atoms with van der Waals surface area (Å²) in [6.45, 7) is 3.64. The number of nitrogens with zero attached hydrogens (tertiary/aromatic N) is 1. The molecule has 0 aliphatic carbocycles. The average molecular weight is 310 g/mol. The summed E-state index contributed by atoms with van der Waals surface area (Å²) in [6, 6.07) is 8.68. The van der Waals surface area contributed by atoms with E-state index in [1.165, 1.54) is 6.92 Å². The van der Waals surface area contributed by atoms with E-state index in [-0.39, 0.29) is 17.7 Å². The summed E-state index contributed by atoms with van der Waals surface area (Å²) in [6.07, 6.45) is 1.94. The molecule has 116 valence electrons. The minimum atomic E-state index is -3.23. The molecular weight excluding hydrogens is 288 g/mol. The highest BCUT2D eigenvalue weighted by Gasteiger charge is 2.22. The van der Waals surface area contributed by atoms with E-state index in [1.54, 1.807) is 24.3 Å². The Morgan fingerprint density at radius 1 is 1.33 bits per heavy atom. The Balaban J connectivity index is 1.89. The van der Waals surface area contributed by atoms with E-state index in [4.69, 9.17) is 0 Å². The van der Waals surface area contributed by atoms with E-state index in [9.17, 15) is 13.2 Å². The highest BCUT2D eigenvalue weighted by atomic mass is 32.2. The molecule has 1 aliphatic heterocycles. The lowest BCUT2D eigenvalue weighted by Crippen LogP contribution is -2.48. The summed E-state index contributed by atoms with van der Waals surface area (Å²) < 4.78 is 24.5. The number of likely N-dealkylation sites (tertiary alicyclic amines) is 1. The maximum absolute atomic E-state index is 12.2. The molecule has 21 heavy (non-hydrogen) atoms. The molecule has 5 nitrogen and oxygen atoms in total. The molecule has 2 rings (SSSR count). The Morgan fingerprint density at radius 3 is 2.71 bits per heavy atom. The Labute approximate surface area is 126 Å². The number of hydrogen-bond donors (Lipinski definition) is 1. The van der Waals surface area contributed by atoms with E-state index in [2.05, 4.69) is 10.2 Å². The largest absolute Gasteiger partial charge is 0.352 e. The maximum atomic E-state index is 12.2. The van der Waals surface area contributed by atoms with Crippen molar-refractivity contribution in [3.05, 3.63) is 30.3 Å². The number of hydrogen-bond acceptors (Lipinski definition) is 4. The SMILES string of the molecule is CC(=O)N[C@H]1CCCN(CCS(=O)(=O)c2ccccc2)C1. The molecule has 1 amide bonds. The monoisotopic (exact) mass is 310 g/mol. The van der Waals surface area contributed by atoms with E-state index >= 15 is 0 Å². The van der Waals surface area contributed by atoms with Gasteiger partial charge in [-0.05, 0) is 31.5 Å². The van der Waals surface area contributed by atoms with Gasteiger partial charge in [-0.15, -0.1) is 0 Å². The predicted molar refractivity (Wildman–Crippen MR) is 81.8 cm³/mol. The zero-order valence-electron chi connectivity index (χ0n) is 12.3. The van der Waals surface area contributed by atoms with Crippen molar-refractivity contribution in [2.75, 3.05) is 25.4 Å². The van der Waals surface area contributed by atoms with Crippen molar-refractivity contribution in [2.24, 2.45) is 0 Å². The van der Waals surface area contributed by atoms with Gasteiger partial charge in [0.1, 0.15) is 0 Å². The molecule has 0 unspecified atom stereocenters. The number of nitrogens with one attached hydrogen (secondary N) is 1. The highest BCUT2D eigenvalue weighted by molar-refractivity contribution is 7.91. The molecule has 6 heteroatoms. The van der Waals surface area contributed by atoms with E-state index in [0.717, 1.165) is 25.9 Å². The van der Waals surface area contributed by atoms with Crippen LogP contribution in [0.5, 0.6) is 0 Å². The molecule has 1 N–H and O–H groups in total. The van der Waals surface area contributed by atoms with Crippen molar-refractivity contribution in [3.63, 3.8) is 0 Å². The van der Waals surface area contributed by atoms with Gasteiger partial charge < -0.3 is 10.2 Å². The molecule has 0 radical (unpaired) electrons. The van der Waals surface area contributed by atoms with Gasteiger partial charge in [0, 0.05) is 26.1 Å². The van der Waals surface area contributed by atoms with Crippen LogP contribution >= 0.6 is 0 Å². The molecule has 1 aromatic carbocycles. The van der Waals surface area contributed by atoms with Crippen molar-refractivity contribution in [1.82, 2.24) is 10.2 Å². The fourth-order valence-corrected chi connectivity index (χ4v) is 3.96. The lowest BCUT2D eigenvalue weighted by molar-refractivity contribution is -0.120. The maximum Gasteiger partial charge on any atom is 0.217 e. The molecule has 1 heterocycles. The number of amides is 1. The highest BCUT2D eigenvalue weighted by Crippen LogP contribution is 2.13. The molecule has 1 aromatic rings. The van der Waals surface area contributed by atoms with Crippen LogP contribution in [0.25, 0.3) is 0 Å². The molecule has 1 fully saturated rings. The first-order chi connectivity index (χ1) is 9.97. The van der Waals surface area contributed by atoms with Crippen LogP contribution in [0.15, 0.2) is 35.2 Å². The zero-order chi connectivity index (χ0) is 15.3. The third-order valence-electron chi connectivity index (χ3n) is 3.69. The first-order valence-corrected chi connectivity index (χ1v) is 8.90. The minimum absolute atomic E-state index is 0.0289. The summed E-state index contributed by atoms with van der Waals surface area (Å²) in [5.41, 5.74) is 0. The molecule has 0 spiro atoms. The predicted octanol–water partition coefficient (Wildman–Crippen LogP) is 1.06. The van der Waals surface area contributed by atoms with Crippen LogP contribution in [0.1, 0.15) is 19.8 Å². The molecule has 0 bridgehead atoms.